The van der Waals surface area contributed by atoms with Gasteiger partial charge in [0, 0.05) is 38.2 Å². The number of nitrogens with zero attached hydrogens (tertiary/aromatic N) is 2. The summed E-state index contributed by atoms with van der Waals surface area (Å²) in [5, 5.41) is 10.9. The van der Waals surface area contributed by atoms with Crippen molar-refractivity contribution in [1.82, 2.24) is 9.80 Å². The number of hydrogen-bond acceptors (Lipinski definition) is 5. The standard InChI is InChI=1S/C29H33F2N3O4/c1-2-19-5-3-6-20(9-19)15-34(18-27(35)26(32)12-21-10-23(30)14-24(31)11-21)29(37)22-13-28(36)33(16-22)17-25-7-4-8-38-25/h3-11,14,22,26-27,35H,2,12-13,15-18,32H2,1H3. The lowest BCUT2D eigenvalue weighted by Crippen LogP contribution is -2.48. The van der Waals surface area contributed by atoms with Crippen LogP contribution >= 0.6 is 0 Å². The fraction of sp³-hybridized carbons (Fsp3) is 0.379. The molecule has 38 heavy (non-hydrogen) atoms. The zero-order valence-corrected chi connectivity index (χ0v) is 21.4. The van der Waals surface area contributed by atoms with Crippen molar-refractivity contribution in [3.8, 4) is 0 Å². The van der Waals surface area contributed by atoms with Crippen molar-refractivity contribution < 1.29 is 27.9 Å². The minimum absolute atomic E-state index is 0.0298. The summed E-state index contributed by atoms with van der Waals surface area (Å²) in [6.45, 7) is 2.71. The van der Waals surface area contributed by atoms with Crippen LogP contribution in [0.15, 0.2) is 65.3 Å². The van der Waals surface area contributed by atoms with Crippen LogP contribution in [0.1, 0.15) is 35.8 Å². The van der Waals surface area contributed by atoms with Crippen molar-refractivity contribution in [3.63, 3.8) is 0 Å². The van der Waals surface area contributed by atoms with E-state index in [-0.39, 0.29) is 50.8 Å². The molecule has 0 spiro atoms. The summed E-state index contributed by atoms with van der Waals surface area (Å²) in [4.78, 5) is 29.5. The molecule has 3 N–H and O–H groups in total. The Kier molecular flexibility index (Phi) is 8.91. The van der Waals surface area contributed by atoms with Gasteiger partial charge in [-0.1, -0.05) is 31.2 Å². The molecular formula is C29H33F2N3O4. The van der Waals surface area contributed by atoms with Gasteiger partial charge < -0.3 is 25.1 Å². The number of halogens is 2. The summed E-state index contributed by atoms with van der Waals surface area (Å²) in [5.74, 6) is -1.79. The smallest absolute Gasteiger partial charge is 0.228 e. The number of aryl methyl sites for hydroxylation is 1. The average molecular weight is 526 g/mol. The third-order valence-electron chi connectivity index (χ3n) is 6.87. The van der Waals surface area contributed by atoms with Gasteiger partial charge in [0.25, 0.3) is 0 Å². The van der Waals surface area contributed by atoms with Crippen molar-refractivity contribution in [2.45, 2.75) is 51.4 Å². The second kappa shape index (κ2) is 12.3. The lowest BCUT2D eigenvalue weighted by Gasteiger charge is -2.30. The normalized spacial score (nSPS) is 17.0. The Bertz CT molecular complexity index is 1230. The number of benzene rings is 2. The molecule has 9 heteroatoms. The molecular weight excluding hydrogens is 492 g/mol. The van der Waals surface area contributed by atoms with Crippen LogP contribution in [0.3, 0.4) is 0 Å². The van der Waals surface area contributed by atoms with E-state index < -0.39 is 29.7 Å². The Morgan fingerprint density at radius 1 is 1.13 bits per heavy atom. The quantitative estimate of drug-likeness (QED) is 0.400. The summed E-state index contributed by atoms with van der Waals surface area (Å²) in [7, 11) is 0. The number of carbonyl (C=O) groups is 2. The Morgan fingerprint density at radius 2 is 1.87 bits per heavy atom. The second-order valence-electron chi connectivity index (χ2n) is 9.86. The van der Waals surface area contributed by atoms with Gasteiger partial charge in [-0.25, -0.2) is 8.78 Å². The van der Waals surface area contributed by atoms with Gasteiger partial charge in [-0.2, -0.15) is 0 Å². The number of aliphatic hydroxyl groups excluding tert-OH is 1. The van der Waals surface area contributed by atoms with Crippen LogP contribution in [-0.4, -0.2) is 52.0 Å². The Morgan fingerprint density at radius 3 is 2.55 bits per heavy atom. The molecule has 1 aliphatic rings. The van der Waals surface area contributed by atoms with E-state index in [0.29, 0.717) is 11.3 Å². The van der Waals surface area contributed by atoms with Crippen LogP contribution in [0.4, 0.5) is 8.78 Å². The van der Waals surface area contributed by atoms with Crippen LogP contribution in [0.25, 0.3) is 0 Å². The van der Waals surface area contributed by atoms with E-state index in [1.807, 2.05) is 31.2 Å². The molecule has 0 bridgehead atoms. The highest BCUT2D eigenvalue weighted by Gasteiger charge is 2.37. The summed E-state index contributed by atoms with van der Waals surface area (Å²) >= 11 is 0. The summed E-state index contributed by atoms with van der Waals surface area (Å²) in [5.41, 5.74) is 8.52. The second-order valence-corrected chi connectivity index (χ2v) is 9.86. The zero-order chi connectivity index (χ0) is 27.2. The maximum atomic E-state index is 13.7. The highest BCUT2D eigenvalue weighted by molar-refractivity contribution is 5.89. The van der Waals surface area contributed by atoms with Crippen LogP contribution in [0, 0.1) is 17.6 Å². The molecule has 7 nitrogen and oxygen atoms in total. The monoisotopic (exact) mass is 525 g/mol. The molecule has 2 heterocycles. The van der Waals surface area contributed by atoms with Crippen LogP contribution < -0.4 is 5.73 Å². The van der Waals surface area contributed by atoms with Crippen molar-refractivity contribution in [1.29, 1.82) is 0 Å². The number of amides is 2. The van der Waals surface area contributed by atoms with E-state index in [4.69, 9.17) is 10.2 Å². The number of furan rings is 1. The molecule has 0 aliphatic carbocycles. The number of aliphatic hydroxyl groups is 1. The van der Waals surface area contributed by atoms with Crippen molar-refractivity contribution >= 4 is 11.8 Å². The SMILES string of the molecule is CCc1cccc(CN(CC(O)C(N)Cc2cc(F)cc(F)c2)C(=O)C2CC(=O)N(Cc3ccco3)C2)c1. The van der Waals surface area contributed by atoms with E-state index in [2.05, 4.69) is 0 Å². The first-order valence-corrected chi connectivity index (χ1v) is 12.8. The predicted molar refractivity (Wildman–Crippen MR) is 138 cm³/mol. The maximum Gasteiger partial charge on any atom is 0.228 e. The molecule has 0 radical (unpaired) electrons. The Labute approximate surface area is 220 Å². The molecule has 0 saturated carbocycles. The molecule has 1 fully saturated rings. The highest BCUT2D eigenvalue weighted by Crippen LogP contribution is 2.24. The molecule has 3 unspecified atom stereocenters. The maximum absolute atomic E-state index is 13.7. The van der Waals surface area contributed by atoms with Crippen LogP contribution in [-0.2, 0) is 35.5 Å². The molecule has 4 rings (SSSR count). The van der Waals surface area contributed by atoms with Crippen LogP contribution in [0.2, 0.25) is 0 Å². The molecule has 1 aliphatic heterocycles. The molecule has 1 saturated heterocycles. The molecule has 2 amide bonds. The number of carbonyl (C=O) groups excluding carboxylic acids is 2. The van der Waals surface area contributed by atoms with Gasteiger partial charge in [0.15, 0.2) is 0 Å². The van der Waals surface area contributed by atoms with Gasteiger partial charge in [0.05, 0.1) is 24.8 Å². The third kappa shape index (κ3) is 7.05. The Hall–Kier alpha value is -3.56. The van der Waals surface area contributed by atoms with Gasteiger partial charge >= 0.3 is 0 Å². The lowest BCUT2D eigenvalue weighted by atomic mass is 10.00. The van der Waals surface area contributed by atoms with E-state index in [1.54, 1.807) is 17.0 Å². The number of nitrogens with two attached hydrogens (primary N) is 1. The van der Waals surface area contributed by atoms with Crippen molar-refractivity contribution in [2.24, 2.45) is 11.7 Å². The first-order valence-electron chi connectivity index (χ1n) is 12.8. The summed E-state index contributed by atoms with van der Waals surface area (Å²) in [6.07, 6.45) is 1.31. The molecule has 3 atom stereocenters. The summed E-state index contributed by atoms with van der Waals surface area (Å²) in [6, 6.07) is 13.6. The Balaban J connectivity index is 1.48. The number of likely N-dealkylation sites (tertiary alicyclic amines) is 1. The van der Waals surface area contributed by atoms with Gasteiger partial charge in [-0.05, 0) is 53.8 Å². The van der Waals surface area contributed by atoms with Gasteiger partial charge in [-0.3, -0.25) is 9.59 Å². The average Bonchev–Trinajstić information content (AvgIpc) is 3.52. The first-order chi connectivity index (χ1) is 18.2. The fourth-order valence-electron chi connectivity index (χ4n) is 4.84. The summed E-state index contributed by atoms with van der Waals surface area (Å²) < 4.78 is 32.6. The predicted octanol–water partition coefficient (Wildman–Crippen LogP) is 3.43. The first kappa shape index (κ1) is 27.5. The van der Waals surface area contributed by atoms with Crippen molar-refractivity contribution in [2.75, 3.05) is 13.1 Å². The topological polar surface area (TPSA) is 100 Å². The lowest BCUT2D eigenvalue weighted by molar-refractivity contribution is -0.138. The van der Waals surface area contributed by atoms with E-state index >= 15 is 0 Å². The van der Waals surface area contributed by atoms with Gasteiger partial charge in [-0.15, -0.1) is 0 Å². The zero-order valence-electron chi connectivity index (χ0n) is 21.4. The molecule has 3 aromatic rings. The van der Waals surface area contributed by atoms with Crippen LogP contribution in [0.5, 0.6) is 0 Å². The third-order valence-corrected chi connectivity index (χ3v) is 6.87. The van der Waals surface area contributed by atoms with Crippen molar-refractivity contribution in [3.05, 3.63) is 94.9 Å². The van der Waals surface area contributed by atoms with Gasteiger partial charge in [0.1, 0.15) is 17.4 Å². The minimum Gasteiger partial charge on any atom is -0.467 e. The van der Waals surface area contributed by atoms with E-state index in [0.717, 1.165) is 23.6 Å². The minimum atomic E-state index is -1.16. The molecule has 2 aromatic carbocycles. The van der Waals surface area contributed by atoms with E-state index in [9.17, 15) is 23.5 Å². The molecule has 1 aromatic heterocycles. The van der Waals surface area contributed by atoms with Gasteiger partial charge in [0.2, 0.25) is 11.8 Å². The largest absolute Gasteiger partial charge is 0.467 e. The van der Waals surface area contributed by atoms with E-state index in [1.165, 1.54) is 23.3 Å². The fourth-order valence-corrected chi connectivity index (χ4v) is 4.84. The number of hydrogen-bond donors (Lipinski definition) is 2. The molecule has 202 valence electrons. The highest BCUT2D eigenvalue weighted by atomic mass is 19.1. The number of rotatable bonds is 11.